The maximum absolute atomic E-state index is 5.80. The highest BCUT2D eigenvalue weighted by atomic mass is 16.5. The molecule has 0 aliphatic carbocycles. The quantitative estimate of drug-likeness (QED) is 0.572. The van der Waals surface area contributed by atoms with Gasteiger partial charge in [0.15, 0.2) is 0 Å². The molecule has 74 valence electrons. The summed E-state index contributed by atoms with van der Waals surface area (Å²) in [7, 11) is 0. The zero-order chi connectivity index (χ0) is 9.64. The Morgan fingerprint density at radius 1 is 1.62 bits per heavy atom. The molecule has 2 atom stereocenters. The van der Waals surface area contributed by atoms with Gasteiger partial charge in [-0.3, -0.25) is 4.90 Å². The molecule has 0 N–H and O–H groups in total. The second-order valence-corrected chi connectivity index (χ2v) is 4.67. The van der Waals surface area contributed by atoms with Gasteiger partial charge in [0.25, 0.3) is 0 Å². The van der Waals surface area contributed by atoms with Crippen LogP contribution in [0.25, 0.3) is 0 Å². The molecule has 2 heteroatoms. The smallest absolute Gasteiger partial charge is 0.102 e. The van der Waals surface area contributed by atoms with E-state index in [1.807, 2.05) is 0 Å². The lowest BCUT2D eigenvalue weighted by atomic mass is 9.81. The Morgan fingerprint density at radius 3 is 2.77 bits per heavy atom. The van der Waals surface area contributed by atoms with E-state index in [9.17, 15) is 0 Å². The van der Waals surface area contributed by atoms with Crippen molar-refractivity contribution in [2.24, 2.45) is 0 Å². The number of rotatable bonds is 1. The third kappa shape index (κ3) is 1.32. The number of hydrogen-bond acceptors (Lipinski definition) is 2. The van der Waals surface area contributed by atoms with Crippen LogP contribution in [-0.2, 0) is 4.74 Å². The number of ether oxygens (including phenoxy) is 1. The predicted molar refractivity (Wildman–Crippen MR) is 53.7 cm³/mol. The van der Waals surface area contributed by atoms with Gasteiger partial charge in [-0.1, -0.05) is 6.08 Å². The third-order valence-corrected chi connectivity index (χ3v) is 3.27. The largest absolute Gasteiger partial charge is 0.362 e. The van der Waals surface area contributed by atoms with Crippen LogP contribution in [0.15, 0.2) is 11.6 Å². The zero-order valence-electron chi connectivity index (χ0n) is 9.00. The minimum Gasteiger partial charge on any atom is -0.362 e. The Morgan fingerprint density at radius 2 is 2.31 bits per heavy atom. The Labute approximate surface area is 80.6 Å². The molecule has 2 nitrogen and oxygen atoms in total. The molecular formula is C11H19NO. The fourth-order valence-corrected chi connectivity index (χ4v) is 2.47. The summed E-state index contributed by atoms with van der Waals surface area (Å²) >= 11 is 0. The molecule has 0 radical (unpaired) electrons. The van der Waals surface area contributed by atoms with Crippen LogP contribution in [-0.4, -0.2) is 35.7 Å². The molecule has 2 heterocycles. The van der Waals surface area contributed by atoms with Crippen LogP contribution in [0.2, 0.25) is 0 Å². The standard InChI is InChI=1S/C11H19NO/c1-8(2)12-6-5-10-9(3)13-11(10,4)7-12/h5,8-9H,6-7H2,1-4H3. The average Bonchev–Trinajstić information content (AvgIpc) is 2.01. The first-order valence-corrected chi connectivity index (χ1v) is 5.15. The molecule has 0 aromatic heterocycles. The van der Waals surface area contributed by atoms with Gasteiger partial charge < -0.3 is 4.74 Å². The van der Waals surface area contributed by atoms with E-state index in [2.05, 4.69) is 38.7 Å². The lowest BCUT2D eigenvalue weighted by Crippen LogP contribution is -2.60. The maximum Gasteiger partial charge on any atom is 0.102 e. The van der Waals surface area contributed by atoms with Gasteiger partial charge in [-0.15, -0.1) is 0 Å². The topological polar surface area (TPSA) is 12.5 Å². The predicted octanol–water partition coefficient (Wildman–Crippen LogP) is 1.81. The van der Waals surface area contributed by atoms with Crippen LogP contribution in [0.5, 0.6) is 0 Å². The summed E-state index contributed by atoms with van der Waals surface area (Å²) in [5.74, 6) is 0. The number of fused-ring (bicyclic) bond motifs is 1. The van der Waals surface area contributed by atoms with Crippen LogP contribution < -0.4 is 0 Å². The lowest BCUT2D eigenvalue weighted by Gasteiger charge is -2.52. The fraction of sp³-hybridized carbons (Fsp3) is 0.818. The molecule has 1 fully saturated rings. The lowest BCUT2D eigenvalue weighted by molar-refractivity contribution is -0.142. The molecule has 2 unspecified atom stereocenters. The second-order valence-electron chi connectivity index (χ2n) is 4.67. The van der Waals surface area contributed by atoms with Crippen molar-refractivity contribution in [3.63, 3.8) is 0 Å². The molecule has 0 bridgehead atoms. The fourth-order valence-electron chi connectivity index (χ4n) is 2.47. The van der Waals surface area contributed by atoms with Crippen LogP contribution in [0.1, 0.15) is 27.7 Å². The second kappa shape index (κ2) is 2.82. The highest BCUT2D eigenvalue weighted by Crippen LogP contribution is 2.41. The summed E-state index contributed by atoms with van der Waals surface area (Å²) in [6.45, 7) is 11.0. The van der Waals surface area contributed by atoms with E-state index in [-0.39, 0.29) is 5.60 Å². The minimum absolute atomic E-state index is 0.0297. The first-order valence-electron chi connectivity index (χ1n) is 5.15. The molecule has 1 saturated heterocycles. The van der Waals surface area contributed by atoms with E-state index in [4.69, 9.17) is 4.74 Å². The molecular weight excluding hydrogens is 162 g/mol. The number of nitrogens with zero attached hydrogens (tertiary/aromatic N) is 1. The summed E-state index contributed by atoms with van der Waals surface area (Å²) in [5.41, 5.74) is 1.53. The first kappa shape index (κ1) is 9.22. The van der Waals surface area contributed by atoms with E-state index in [1.54, 1.807) is 0 Å². The first-order chi connectivity index (χ1) is 6.03. The van der Waals surface area contributed by atoms with Gasteiger partial charge in [0.05, 0.1) is 6.10 Å². The van der Waals surface area contributed by atoms with Crippen molar-refractivity contribution in [2.75, 3.05) is 13.1 Å². The third-order valence-electron chi connectivity index (χ3n) is 3.27. The summed E-state index contributed by atoms with van der Waals surface area (Å²) in [6, 6.07) is 0.620. The molecule has 2 aliphatic rings. The summed E-state index contributed by atoms with van der Waals surface area (Å²) in [5, 5.41) is 0. The van der Waals surface area contributed by atoms with E-state index >= 15 is 0 Å². The molecule has 0 spiro atoms. The van der Waals surface area contributed by atoms with Crippen molar-refractivity contribution in [1.82, 2.24) is 4.90 Å². The molecule has 2 rings (SSSR count). The Kier molecular flexibility index (Phi) is 2.00. The SMILES string of the molecule is CC1OC2(C)CN(C(C)C)CC=C12. The molecule has 0 amide bonds. The zero-order valence-corrected chi connectivity index (χ0v) is 9.00. The van der Waals surface area contributed by atoms with Crippen LogP contribution in [0, 0.1) is 0 Å². The Hall–Kier alpha value is -0.340. The highest BCUT2D eigenvalue weighted by Gasteiger charge is 2.47. The number of hydrogen-bond donors (Lipinski definition) is 0. The summed E-state index contributed by atoms with van der Waals surface area (Å²) in [4.78, 5) is 2.45. The normalized spacial score (nSPS) is 39.8. The van der Waals surface area contributed by atoms with Gasteiger partial charge in [0, 0.05) is 19.1 Å². The highest BCUT2D eigenvalue weighted by molar-refractivity contribution is 5.31. The van der Waals surface area contributed by atoms with Gasteiger partial charge >= 0.3 is 0 Å². The van der Waals surface area contributed by atoms with Gasteiger partial charge in [-0.05, 0) is 33.3 Å². The van der Waals surface area contributed by atoms with Crippen molar-refractivity contribution in [2.45, 2.75) is 45.4 Å². The average molecular weight is 181 g/mol. The van der Waals surface area contributed by atoms with Gasteiger partial charge in [0.1, 0.15) is 5.60 Å². The Bertz CT molecular complexity index is 246. The van der Waals surface area contributed by atoms with Gasteiger partial charge in [0.2, 0.25) is 0 Å². The van der Waals surface area contributed by atoms with Crippen molar-refractivity contribution < 1.29 is 4.74 Å². The summed E-state index contributed by atoms with van der Waals surface area (Å²) in [6.07, 6.45) is 2.71. The van der Waals surface area contributed by atoms with Crippen LogP contribution >= 0.6 is 0 Å². The van der Waals surface area contributed by atoms with Crippen LogP contribution in [0.4, 0.5) is 0 Å². The van der Waals surface area contributed by atoms with E-state index in [0.29, 0.717) is 12.1 Å². The van der Waals surface area contributed by atoms with Crippen molar-refractivity contribution in [3.05, 3.63) is 11.6 Å². The van der Waals surface area contributed by atoms with Crippen molar-refractivity contribution in [3.8, 4) is 0 Å². The van der Waals surface area contributed by atoms with Crippen molar-refractivity contribution in [1.29, 1.82) is 0 Å². The maximum atomic E-state index is 5.80. The van der Waals surface area contributed by atoms with E-state index < -0.39 is 0 Å². The minimum atomic E-state index is 0.0297. The molecule has 13 heavy (non-hydrogen) atoms. The molecule has 0 aromatic rings. The molecule has 0 saturated carbocycles. The van der Waals surface area contributed by atoms with Crippen LogP contribution in [0.3, 0.4) is 0 Å². The monoisotopic (exact) mass is 181 g/mol. The van der Waals surface area contributed by atoms with E-state index in [1.165, 1.54) is 5.57 Å². The summed E-state index contributed by atoms with van der Waals surface area (Å²) < 4.78 is 5.80. The Balaban J connectivity index is 2.13. The molecule has 2 aliphatic heterocycles. The van der Waals surface area contributed by atoms with Crippen molar-refractivity contribution >= 4 is 0 Å². The molecule has 0 aromatic carbocycles. The van der Waals surface area contributed by atoms with Gasteiger partial charge in [-0.2, -0.15) is 0 Å². The van der Waals surface area contributed by atoms with Gasteiger partial charge in [-0.25, -0.2) is 0 Å². The van der Waals surface area contributed by atoms with E-state index in [0.717, 1.165) is 13.1 Å².